The second-order valence-corrected chi connectivity index (χ2v) is 6.43. The van der Waals surface area contributed by atoms with E-state index >= 15 is 0 Å². The van der Waals surface area contributed by atoms with Crippen LogP contribution in [-0.4, -0.2) is 42.8 Å². The number of nitrogens with zero attached hydrogens (tertiary/aromatic N) is 1. The summed E-state index contributed by atoms with van der Waals surface area (Å²) in [5.74, 6) is 0. The van der Waals surface area contributed by atoms with Crippen molar-refractivity contribution in [3.63, 3.8) is 0 Å². The Morgan fingerprint density at radius 1 is 1.35 bits per heavy atom. The Balaban J connectivity index is 1.91. The molecule has 2 heterocycles. The zero-order valence-corrected chi connectivity index (χ0v) is 11.2. The van der Waals surface area contributed by atoms with Gasteiger partial charge < -0.3 is 15.0 Å². The third-order valence-corrected chi connectivity index (χ3v) is 3.65. The first-order valence-corrected chi connectivity index (χ1v) is 6.59. The molecule has 0 saturated carbocycles. The van der Waals surface area contributed by atoms with Crippen molar-refractivity contribution in [1.82, 2.24) is 10.2 Å². The maximum atomic E-state index is 12.0. The molecular weight excluding hydrogens is 216 g/mol. The second-order valence-electron chi connectivity index (χ2n) is 6.43. The number of hydrogen-bond acceptors (Lipinski definition) is 3. The van der Waals surface area contributed by atoms with Crippen molar-refractivity contribution < 1.29 is 9.53 Å². The molecule has 2 aliphatic rings. The van der Waals surface area contributed by atoms with Crippen LogP contribution in [0.1, 0.15) is 40.0 Å². The summed E-state index contributed by atoms with van der Waals surface area (Å²) in [6.07, 6.45) is 3.42. The molecule has 0 unspecified atom stereocenters. The molecule has 2 fully saturated rings. The van der Waals surface area contributed by atoms with E-state index in [4.69, 9.17) is 4.74 Å². The minimum atomic E-state index is -0.391. The lowest BCUT2D eigenvalue weighted by Crippen LogP contribution is -2.43. The lowest BCUT2D eigenvalue weighted by molar-refractivity contribution is 0.0266. The van der Waals surface area contributed by atoms with Crippen molar-refractivity contribution in [1.29, 1.82) is 0 Å². The smallest absolute Gasteiger partial charge is 0.410 e. The largest absolute Gasteiger partial charge is 0.444 e. The highest BCUT2D eigenvalue weighted by Gasteiger charge is 2.41. The molecule has 1 amide bonds. The van der Waals surface area contributed by atoms with Gasteiger partial charge in [-0.3, -0.25) is 0 Å². The highest BCUT2D eigenvalue weighted by atomic mass is 16.6. The zero-order chi connectivity index (χ0) is 12.5. The summed E-state index contributed by atoms with van der Waals surface area (Å²) in [6, 6.07) is 0. The Bertz CT molecular complexity index is 290. The van der Waals surface area contributed by atoms with E-state index in [2.05, 4.69) is 5.32 Å². The zero-order valence-electron chi connectivity index (χ0n) is 11.2. The van der Waals surface area contributed by atoms with Crippen LogP contribution in [-0.2, 0) is 4.74 Å². The van der Waals surface area contributed by atoms with Crippen LogP contribution < -0.4 is 5.32 Å². The van der Waals surface area contributed by atoms with Gasteiger partial charge in [0.1, 0.15) is 5.60 Å². The SMILES string of the molecule is CC(C)(C)OC(=O)N1CC[C@@]2(CCCNC2)C1. The molecule has 4 nitrogen and oxygen atoms in total. The molecular formula is C13H24N2O2. The minimum Gasteiger partial charge on any atom is -0.444 e. The van der Waals surface area contributed by atoms with Gasteiger partial charge in [0, 0.05) is 25.0 Å². The average Bonchev–Trinajstić information content (AvgIpc) is 2.61. The van der Waals surface area contributed by atoms with Crippen molar-refractivity contribution in [3.05, 3.63) is 0 Å². The van der Waals surface area contributed by atoms with Gasteiger partial charge in [0.15, 0.2) is 0 Å². The van der Waals surface area contributed by atoms with Crippen LogP contribution in [0.3, 0.4) is 0 Å². The number of likely N-dealkylation sites (tertiary alicyclic amines) is 1. The standard InChI is InChI=1S/C13H24N2O2/c1-12(2,3)17-11(16)15-8-6-13(10-15)5-4-7-14-9-13/h14H,4-10H2,1-3H3/t13-/m1/s1. The fourth-order valence-electron chi connectivity index (χ4n) is 2.80. The van der Waals surface area contributed by atoms with E-state index in [0.717, 1.165) is 32.6 Å². The van der Waals surface area contributed by atoms with Crippen molar-refractivity contribution in [3.8, 4) is 0 Å². The first kappa shape index (κ1) is 12.7. The van der Waals surface area contributed by atoms with E-state index in [-0.39, 0.29) is 6.09 Å². The van der Waals surface area contributed by atoms with Crippen LogP contribution >= 0.6 is 0 Å². The number of rotatable bonds is 0. The molecule has 0 aliphatic carbocycles. The Labute approximate surface area is 104 Å². The third kappa shape index (κ3) is 3.12. The van der Waals surface area contributed by atoms with Crippen LogP contribution in [0, 0.1) is 5.41 Å². The van der Waals surface area contributed by atoms with Crippen LogP contribution in [0.2, 0.25) is 0 Å². The maximum absolute atomic E-state index is 12.0. The topological polar surface area (TPSA) is 41.6 Å². The highest BCUT2D eigenvalue weighted by molar-refractivity contribution is 5.68. The lowest BCUT2D eigenvalue weighted by atomic mass is 9.80. The number of amides is 1. The Morgan fingerprint density at radius 3 is 2.71 bits per heavy atom. The molecule has 2 saturated heterocycles. The predicted octanol–water partition coefficient (Wildman–Crippen LogP) is 2.00. The number of ether oxygens (including phenoxy) is 1. The summed E-state index contributed by atoms with van der Waals surface area (Å²) in [6.45, 7) is 9.61. The Hall–Kier alpha value is -0.770. The first-order chi connectivity index (χ1) is 7.90. The molecule has 0 radical (unpaired) electrons. The quantitative estimate of drug-likeness (QED) is 0.704. The fourth-order valence-corrected chi connectivity index (χ4v) is 2.80. The molecule has 0 aromatic heterocycles. The summed E-state index contributed by atoms with van der Waals surface area (Å²) in [4.78, 5) is 13.8. The van der Waals surface area contributed by atoms with Gasteiger partial charge in [0.05, 0.1) is 0 Å². The molecule has 1 atom stereocenters. The van der Waals surface area contributed by atoms with Crippen LogP contribution in [0.5, 0.6) is 0 Å². The minimum absolute atomic E-state index is 0.153. The fraction of sp³-hybridized carbons (Fsp3) is 0.923. The van der Waals surface area contributed by atoms with Crippen LogP contribution in [0.4, 0.5) is 4.79 Å². The molecule has 2 aliphatic heterocycles. The Kier molecular flexibility index (Phi) is 3.34. The molecule has 2 rings (SSSR count). The molecule has 1 spiro atoms. The van der Waals surface area contributed by atoms with Crippen molar-refractivity contribution in [2.75, 3.05) is 26.2 Å². The van der Waals surface area contributed by atoms with Gasteiger partial charge in [-0.25, -0.2) is 4.79 Å². The highest BCUT2D eigenvalue weighted by Crippen LogP contribution is 2.36. The van der Waals surface area contributed by atoms with Gasteiger partial charge in [0.2, 0.25) is 0 Å². The number of hydrogen-bond donors (Lipinski definition) is 1. The van der Waals surface area contributed by atoms with E-state index in [9.17, 15) is 4.79 Å². The number of carbonyl (C=O) groups is 1. The maximum Gasteiger partial charge on any atom is 0.410 e. The summed E-state index contributed by atoms with van der Waals surface area (Å²) < 4.78 is 5.42. The van der Waals surface area contributed by atoms with E-state index in [1.54, 1.807) is 0 Å². The number of piperidine rings is 1. The van der Waals surface area contributed by atoms with Gasteiger partial charge in [0.25, 0.3) is 0 Å². The van der Waals surface area contributed by atoms with Gasteiger partial charge in [-0.1, -0.05) is 0 Å². The predicted molar refractivity (Wildman–Crippen MR) is 67.0 cm³/mol. The molecule has 4 heteroatoms. The van der Waals surface area contributed by atoms with E-state index in [1.165, 1.54) is 12.8 Å². The average molecular weight is 240 g/mol. The van der Waals surface area contributed by atoms with Crippen molar-refractivity contribution in [2.45, 2.75) is 45.6 Å². The molecule has 1 N–H and O–H groups in total. The lowest BCUT2D eigenvalue weighted by Gasteiger charge is -2.34. The molecule has 0 aromatic carbocycles. The molecule has 98 valence electrons. The normalized spacial score (nSPS) is 29.7. The van der Waals surface area contributed by atoms with Gasteiger partial charge >= 0.3 is 6.09 Å². The molecule has 0 aromatic rings. The van der Waals surface area contributed by atoms with Crippen LogP contribution in [0.15, 0.2) is 0 Å². The van der Waals surface area contributed by atoms with Crippen molar-refractivity contribution >= 4 is 6.09 Å². The second kappa shape index (κ2) is 4.48. The van der Waals surface area contributed by atoms with Crippen LogP contribution in [0.25, 0.3) is 0 Å². The Morgan fingerprint density at radius 2 is 2.12 bits per heavy atom. The summed E-state index contributed by atoms with van der Waals surface area (Å²) in [5.41, 5.74) is -0.0766. The molecule has 17 heavy (non-hydrogen) atoms. The summed E-state index contributed by atoms with van der Waals surface area (Å²) >= 11 is 0. The monoisotopic (exact) mass is 240 g/mol. The van der Waals surface area contributed by atoms with E-state index in [0.29, 0.717) is 5.41 Å². The van der Waals surface area contributed by atoms with E-state index < -0.39 is 5.60 Å². The van der Waals surface area contributed by atoms with Crippen molar-refractivity contribution in [2.24, 2.45) is 5.41 Å². The summed E-state index contributed by atoms with van der Waals surface area (Å²) in [7, 11) is 0. The summed E-state index contributed by atoms with van der Waals surface area (Å²) in [5, 5.41) is 3.45. The first-order valence-electron chi connectivity index (χ1n) is 6.59. The van der Waals surface area contributed by atoms with Gasteiger partial charge in [-0.15, -0.1) is 0 Å². The van der Waals surface area contributed by atoms with Gasteiger partial charge in [-0.2, -0.15) is 0 Å². The molecule has 0 bridgehead atoms. The van der Waals surface area contributed by atoms with E-state index in [1.807, 2.05) is 25.7 Å². The number of nitrogens with one attached hydrogen (secondary N) is 1. The van der Waals surface area contributed by atoms with Gasteiger partial charge in [-0.05, 0) is 46.6 Å². The third-order valence-electron chi connectivity index (χ3n) is 3.65. The number of carbonyl (C=O) groups excluding carboxylic acids is 1.